The summed E-state index contributed by atoms with van der Waals surface area (Å²) in [6.45, 7) is -0.851. The molecule has 4 heterocycles. The van der Waals surface area contributed by atoms with Crippen LogP contribution in [0.4, 0.5) is 0 Å². The molecule has 0 aliphatic carbocycles. The van der Waals surface area contributed by atoms with Gasteiger partial charge in [-0.3, -0.25) is 14.4 Å². The summed E-state index contributed by atoms with van der Waals surface area (Å²) in [5.41, 5.74) is 0. The summed E-state index contributed by atoms with van der Waals surface area (Å²) in [5, 5.41) is 143. The minimum atomic E-state index is -2.93. The Morgan fingerprint density at radius 2 is 1.22 bits per heavy atom. The molecule has 0 spiro atoms. The molecule has 0 radical (unpaired) electrons. The van der Waals surface area contributed by atoms with Crippen molar-refractivity contribution in [2.75, 3.05) is 26.4 Å². The number of amides is 3. The SMILES string of the molecule is CC(=O)N[C@@H]1[C@@H](O[C@@H]2O[C@H](CO)[C@@H](O[C@@H]3O[C@H](CO)[C@H](O)[C@H](O)[C@H]3O)[C@H](O)[C@H]2NC(C)=O)[C@@H](O)[C@@H](CO[C@]2(C(=O)O)C[C@H](O)[C@@H](NC(C)=O)[C@H]([C@H](O)[C@H](O)CO)O2)O[C@@H]1O. The fourth-order valence-corrected chi connectivity index (χ4v) is 7.34. The Balaban J connectivity index is 1.62. The molecule has 4 aliphatic heterocycles. The normalized spacial score (nSPS) is 43.3. The molecule has 0 aromatic rings. The standard InChI is InChI=1S/C33H55N3O24/c1-9(40)34-17-12(43)4-33(32(52)53,60-28(17)20(45)13(44)5-37)54-8-16-22(47)27(19(29(51)55-16)36-11(3)42)59-30-18(35-10(2)41)23(48)26(15(7-39)57-30)58-31-25(50)24(49)21(46)14(6-38)56-31/h12-31,37-39,43-51H,4-8H2,1-3H3,(H,34,40)(H,35,41)(H,36,42)(H,52,53)/t12-,13+,14+,15+,16+,17+,18+,19+,20+,21-,22-,23+,24-,25+,26+,27+,28+,29-,30-,31-,33+/m0/s1. The van der Waals surface area contributed by atoms with Crippen LogP contribution in [0.1, 0.15) is 27.2 Å². The second-order valence-corrected chi connectivity index (χ2v) is 14.8. The molecule has 0 saturated carbocycles. The average Bonchev–Trinajstić information content (AvgIpc) is 3.18. The van der Waals surface area contributed by atoms with Gasteiger partial charge in [-0.05, 0) is 0 Å². The van der Waals surface area contributed by atoms with E-state index in [-0.39, 0.29) is 0 Å². The first kappa shape index (κ1) is 49.8. The molecule has 0 aromatic heterocycles. The zero-order valence-corrected chi connectivity index (χ0v) is 32.4. The molecular formula is C33H55N3O24. The van der Waals surface area contributed by atoms with Gasteiger partial charge in [0.15, 0.2) is 18.9 Å². The van der Waals surface area contributed by atoms with Gasteiger partial charge in [0.2, 0.25) is 17.7 Å². The van der Waals surface area contributed by atoms with E-state index in [2.05, 4.69) is 16.0 Å². The van der Waals surface area contributed by atoms with E-state index in [1.807, 2.05) is 0 Å². The predicted octanol–water partition coefficient (Wildman–Crippen LogP) is -10.1. The number of aliphatic hydroxyl groups excluding tert-OH is 12. The number of aliphatic carboxylic acids is 1. The molecule has 0 aromatic carbocycles. The van der Waals surface area contributed by atoms with E-state index < -0.39 is 185 Å². The van der Waals surface area contributed by atoms with Gasteiger partial charge in [-0.15, -0.1) is 0 Å². The molecule has 3 amide bonds. The summed E-state index contributed by atoms with van der Waals surface area (Å²) in [6.07, 6.45) is -32.9. The van der Waals surface area contributed by atoms with E-state index in [0.717, 1.165) is 20.8 Å². The molecular weight excluding hydrogens is 822 g/mol. The monoisotopic (exact) mass is 877 g/mol. The second kappa shape index (κ2) is 21.0. The van der Waals surface area contributed by atoms with Crippen LogP contribution in [-0.2, 0) is 52.3 Å². The lowest BCUT2D eigenvalue weighted by Gasteiger charge is -2.50. The number of hydrogen-bond donors (Lipinski definition) is 16. The summed E-state index contributed by atoms with van der Waals surface area (Å²) < 4.78 is 39.4. The van der Waals surface area contributed by atoms with Crippen LogP contribution in [0.3, 0.4) is 0 Å². The Morgan fingerprint density at radius 1 is 0.667 bits per heavy atom. The van der Waals surface area contributed by atoms with Crippen LogP contribution in [0.2, 0.25) is 0 Å². The van der Waals surface area contributed by atoms with Gasteiger partial charge in [0, 0.05) is 27.2 Å². The molecule has 4 saturated heterocycles. The fraction of sp³-hybridized carbons (Fsp3) is 0.879. The summed E-state index contributed by atoms with van der Waals surface area (Å²) in [5.74, 6) is -7.23. The Labute approximate surface area is 340 Å². The van der Waals surface area contributed by atoms with Gasteiger partial charge in [-0.25, -0.2) is 4.79 Å². The van der Waals surface area contributed by atoms with Crippen molar-refractivity contribution in [1.29, 1.82) is 0 Å². The van der Waals surface area contributed by atoms with Crippen LogP contribution in [0, 0.1) is 0 Å². The molecule has 4 fully saturated rings. The topological polar surface area (TPSA) is 432 Å². The van der Waals surface area contributed by atoms with Crippen LogP contribution in [0.5, 0.6) is 0 Å². The third-order valence-corrected chi connectivity index (χ3v) is 10.4. The molecule has 4 aliphatic rings. The lowest BCUT2D eigenvalue weighted by Crippen LogP contribution is -2.71. The van der Waals surface area contributed by atoms with Gasteiger partial charge >= 0.3 is 5.97 Å². The number of carboxylic acid groups (broad SMARTS) is 1. The van der Waals surface area contributed by atoms with Crippen molar-refractivity contribution in [3.05, 3.63) is 0 Å². The predicted molar refractivity (Wildman–Crippen MR) is 186 cm³/mol. The highest BCUT2D eigenvalue weighted by Gasteiger charge is 2.58. The molecule has 346 valence electrons. The van der Waals surface area contributed by atoms with Crippen molar-refractivity contribution < 1.29 is 119 Å². The summed E-state index contributed by atoms with van der Waals surface area (Å²) in [7, 11) is 0. The largest absolute Gasteiger partial charge is 0.477 e. The molecule has 60 heavy (non-hydrogen) atoms. The molecule has 0 bridgehead atoms. The summed E-state index contributed by atoms with van der Waals surface area (Å²) in [6, 6.07) is -4.94. The van der Waals surface area contributed by atoms with E-state index in [4.69, 9.17) is 33.2 Å². The molecule has 27 heteroatoms. The number of hydrogen-bond acceptors (Lipinski definition) is 23. The van der Waals surface area contributed by atoms with Crippen molar-refractivity contribution in [1.82, 2.24) is 16.0 Å². The first-order valence-corrected chi connectivity index (χ1v) is 18.7. The third kappa shape index (κ3) is 11.0. The smallest absolute Gasteiger partial charge is 0.364 e. The zero-order valence-electron chi connectivity index (χ0n) is 32.4. The van der Waals surface area contributed by atoms with E-state index in [1.54, 1.807) is 0 Å². The highest BCUT2D eigenvalue weighted by molar-refractivity contribution is 5.77. The van der Waals surface area contributed by atoms with Crippen molar-refractivity contribution in [2.24, 2.45) is 0 Å². The van der Waals surface area contributed by atoms with Gasteiger partial charge in [0.25, 0.3) is 5.79 Å². The van der Waals surface area contributed by atoms with Crippen LogP contribution in [0.15, 0.2) is 0 Å². The molecule has 4 rings (SSSR count). The number of ether oxygens (including phenoxy) is 7. The van der Waals surface area contributed by atoms with Crippen molar-refractivity contribution in [3.63, 3.8) is 0 Å². The first-order valence-electron chi connectivity index (χ1n) is 18.7. The van der Waals surface area contributed by atoms with Gasteiger partial charge in [0.05, 0.1) is 38.6 Å². The van der Waals surface area contributed by atoms with Gasteiger partial charge in [0.1, 0.15) is 91.4 Å². The zero-order chi connectivity index (χ0) is 45.0. The van der Waals surface area contributed by atoms with Crippen LogP contribution < -0.4 is 16.0 Å². The highest BCUT2D eigenvalue weighted by Crippen LogP contribution is 2.36. The summed E-state index contributed by atoms with van der Waals surface area (Å²) >= 11 is 0. The van der Waals surface area contributed by atoms with E-state index in [9.17, 15) is 85.6 Å². The molecule has 0 unspecified atom stereocenters. The first-order chi connectivity index (χ1) is 28.1. The number of rotatable bonds is 16. The Bertz CT molecular complexity index is 1470. The second-order valence-electron chi connectivity index (χ2n) is 14.8. The molecule has 27 nitrogen and oxygen atoms in total. The van der Waals surface area contributed by atoms with Crippen molar-refractivity contribution in [2.45, 2.75) is 155 Å². The maximum atomic E-state index is 12.7. The maximum absolute atomic E-state index is 12.7. The number of carbonyl (C=O) groups excluding carboxylic acids is 3. The number of nitrogens with one attached hydrogen (secondary N) is 3. The van der Waals surface area contributed by atoms with Crippen molar-refractivity contribution >= 4 is 23.7 Å². The lowest BCUT2D eigenvalue weighted by atomic mass is 9.88. The molecule has 21 atom stereocenters. The van der Waals surface area contributed by atoms with Gasteiger partial charge in [-0.2, -0.15) is 0 Å². The number of carbonyl (C=O) groups is 4. The number of carboxylic acids is 1. The van der Waals surface area contributed by atoms with E-state index in [1.165, 1.54) is 0 Å². The quantitative estimate of drug-likeness (QED) is 0.0684. The molecule has 16 N–H and O–H groups in total. The fourth-order valence-electron chi connectivity index (χ4n) is 7.34. The van der Waals surface area contributed by atoms with Crippen LogP contribution in [0.25, 0.3) is 0 Å². The summed E-state index contributed by atoms with van der Waals surface area (Å²) in [4.78, 5) is 49.2. The minimum absolute atomic E-state index is 0.757. The van der Waals surface area contributed by atoms with Crippen molar-refractivity contribution in [3.8, 4) is 0 Å². The minimum Gasteiger partial charge on any atom is -0.477 e. The van der Waals surface area contributed by atoms with Gasteiger partial charge < -0.3 is 115 Å². The van der Waals surface area contributed by atoms with E-state index in [0.29, 0.717) is 0 Å². The third-order valence-electron chi connectivity index (χ3n) is 10.4. The Hall–Kier alpha value is -2.88. The van der Waals surface area contributed by atoms with Gasteiger partial charge in [-0.1, -0.05) is 0 Å². The van der Waals surface area contributed by atoms with Crippen LogP contribution in [-0.4, -0.2) is 245 Å². The Kier molecular flexibility index (Phi) is 17.4. The highest BCUT2D eigenvalue weighted by atomic mass is 16.8. The average molecular weight is 878 g/mol. The maximum Gasteiger partial charge on any atom is 0.364 e. The van der Waals surface area contributed by atoms with E-state index >= 15 is 0 Å². The Morgan fingerprint density at radius 3 is 1.77 bits per heavy atom. The lowest BCUT2D eigenvalue weighted by molar-refractivity contribution is -0.362. The van der Waals surface area contributed by atoms with Crippen LogP contribution >= 0.6 is 0 Å². The number of aliphatic hydroxyl groups is 12.